The van der Waals surface area contributed by atoms with Crippen molar-refractivity contribution in [3.05, 3.63) is 51.2 Å². The zero-order valence-corrected chi connectivity index (χ0v) is 12.1. The molecule has 0 fully saturated rings. The molecule has 0 bridgehead atoms. The molecule has 7 nitrogen and oxygen atoms in total. The first-order valence-electron chi connectivity index (χ1n) is 6.27. The molecule has 2 rings (SSSR count). The van der Waals surface area contributed by atoms with E-state index in [1.165, 1.54) is 6.20 Å². The Morgan fingerprint density at radius 2 is 2.05 bits per heavy atom. The molecule has 0 aliphatic heterocycles. The van der Waals surface area contributed by atoms with Crippen LogP contribution in [0.1, 0.15) is 5.56 Å². The molecule has 0 saturated heterocycles. The van der Waals surface area contributed by atoms with E-state index in [-0.39, 0.29) is 11.5 Å². The second-order valence-corrected chi connectivity index (χ2v) is 4.67. The van der Waals surface area contributed by atoms with Crippen LogP contribution < -0.4 is 10.6 Å². The first-order chi connectivity index (χ1) is 10.1. The Morgan fingerprint density at radius 1 is 1.33 bits per heavy atom. The van der Waals surface area contributed by atoms with E-state index < -0.39 is 4.92 Å². The Bertz CT molecular complexity index is 633. The van der Waals surface area contributed by atoms with Gasteiger partial charge in [-0.05, 0) is 24.1 Å². The predicted molar refractivity (Wildman–Crippen MR) is 81.9 cm³/mol. The molecule has 0 saturated carbocycles. The highest BCUT2D eigenvalue weighted by Gasteiger charge is 2.16. The van der Waals surface area contributed by atoms with Gasteiger partial charge in [0.2, 0.25) is 11.8 Å². The van der Waals surface area contributed by atoms with Crippen molar-refractivity contribution in [3.8, 4) is 0 Å². The van der Waals surface area contributed by atoms with Crippen molar-refractivity contribution in [2.75, 3.05) is 24.2 Å². The standard InChI is InChI=1S/C13H14ClN5O2/c1-15-13-17-8-11(19(20)21)12(18-13)16-7-6-9-2-4-10(14)5-3-9/h2-5,8H,6-7H2,1H3,(H2,15,16,17,18). The summed E-state index contributed by atoms with van der Waals surface area (Å²) in [5.41, 5.74) is 0.933. The van der Waals surface area contributed by atoms with E-state index in [2.05, 4.69) is 20.6 Å². The van der Waals surface area contributed by atoms with E-state index in [9.17, 15) is 10.1 Å². The molecule has 21 heavy (non-hydrogen) atoms. The lowest BCUT2D eigenvalue weighted by molar-refractivity contribution is -0.384. The van der Waals surface area contributed by atoms with Gasteiger partial charge in [0, 0.05) is 18.6 Å². The number of hydrogen-bond acceptors (Lipinski definition) is 6. The third-order valence-corrected chi connectivity index (χ3v) is 3.06. The van der Waals surface area contributed by atoms with Gasteiger partial charge in [0.15, 0.2) is 0 Å². The van der Waals surface area contributed by atoms with Crippen molar-refractivity contribution in [1.29, 1.82) is 0 Å². The summed E-state index contributed by atoms with van der Waals surface area (Å²) in [6, 6.07) is 7.45. The highest BCUT2D eigenvalue weighted by molar-refractivity contribution is 6.30. The maximum Gasteiger partial charge on any atom is 0.329 e. The van der Waals surface area contributed by atoms with Gasteiger partial charge in [-0.25, -0.2) is 4.98 Å². The summed E-state index contributed by atoms with van der Waals surface area (Å²) in [7, 11) is 1.65. The Balaban J connectivity index is 2.04. The lowest BCUT2D eigenvalue weighted by Gasteiger charge is -2.07. The van der Waals surface area contributed by atoms with Crippen LogP contribution >= 0.6 is 11.6 Å². The van der Waals surface area contributed by atoms with Gasteiger partial charge in [0.25, 0.3) is 0 Å². The molecule has 0 aliphatic carbocycles. The van der Waals surface area contributed by atoms with Gasteiger partial charge in [-0.1, -0.05) is 23.7 Å². The van der Waals surface area contributed by atoms with E-state index in [1.807, 2.05) is 24.3 Å². The number of rotatable bonds is 6. The largest absolute Gasteiger partial charge is 0.364 e. The van der Waals surface area contributed by atoms with E-state index >= 15 is 0 Å². The molecule has 0 radical (unpaired) electrons. The molecule has 0 unspecified atom stereocenters. The van der Waals surface area contributed by atoms with Gasteiger partial charge in [0.05, 0.1) is 4.92 Å². The quantitative estimate of drug-likeness (QED) is 0.629. The van der Waals surface area contributed by atoms with Crippen LogP contribution in [-0.2, 0) is 6.42 Å². The molecule has 0 atom stereocenters. The molecule has 8 heteroatoms. The van der Waals surface area contributed by atoms with Crippen LogP contribution in [0.3, 0.4) is 0 Å². The van der Waals surface area contributed by atoms with Crippen LogP contribution in [0.4, 0.5) is 17.5 Å². The summed E-state index contributed by atoms with van der Waals surface area (Å²) in [6.07, 6.45) is 1.89. The summed E-state index contributed by atoms with van der Waals surface area (Å²) >= 11 is 5.82. The number of benzene rings is 1. The van der Waals surface area contributed by atoms with Crippen LogP contribution in [0.15, 0.2) is 30.5 Å². The smallest absolute Gasteiger partial charge is 0.329 e. The number of hydrogen-bond donors (Lipinski definition) is 2. The van der Waals surface area contributed by atoms with Gasteiger partial charge in [0.1, 0.15) is 6.20 Å². The molecule has 2 aromatic rings. The summed E-state index contributed by atoms with van der Waals surface area (Å²) in [5, 5.41) is 17.3. The minimum Gasteiger partial charge on any atom is -0.364 e. The van der Waals surface area contributed by atoms with Crippen molar-refractivity contribution >= 4 is 29.1 Å². The summed E-state index contributed by atoms with van der Waals surface area (Å²) in [4.78, 5) is 18.3. The van der Waals surface area contributed by atoms with Crippen LogP contribution in [0.25, 0.3) is 0 Å². The van der Waals surface area contributed by atoms with E-state index in [4.69, 9.17) is 11.6 Å². The van der Waals surface area contributed by atoms with E-state index in [1.54, 1.807) is 7.05 Å². The molecular weight excluding hydrogens is 294 g/mol. The van der Waals surface area contributed by atoms with Crippen LogP contribution in [0.2, 0.25) is 5.02 Å². The van der Waals surface area contributed by atoms with E-state index in [0.29, 0.717) is 23.9 Å². The molecule has 0 spiro atoms. The average molecular weight is 308 g/mol. The Kier molecular flexibility index (Phi) is 4.89. The van der Waals surface area contributed by atoms with Crippen molar-refractivity contribution < 1.29 is 4.92 Å². The van der Waals surface area contributed by atoms with Crippen molar-refractivity contribution in [2.45, 2.75) is 6.42 Å². The fraction of sp³-hybridized carbons (Fsp3) is 0.231. The van der Waals surface area contributed by atoms with Gasteiger partial charge in [-0.2, -0.15) is 4.98 Å². The number of anilines is 2. The van der Waals surface area contributed by atoms with Crippen molar-refractivity contribution in [1.82, 2.24) is 9.97 Å². The highest BCUT2D eigenvalue weighted by Crippen LogP contribution is 2.21. The summed E-state index contributed by atoms with van der Waals surface area (Å²) in [6.45, 7) is 0.517. The number of aromatic nitrogens is 2. The van der Waals surface area contributed by atoms with Gasteiger partial charge >= 0.3 is 5.69 Å². The average Bonchev–Trinajstić information content (AvgIpc) is 2.49. The maximum atomic E-state index is 10.9. The van der Waals surface area contributed by atoms with Crippen LogP contribution in [0.5, 0.6) is 0 Å². The molecular formula is C13H14ClN5O2. The first kappa shape index (κ1) is 15.0. The molecule has 0 amide bonds. The molecule has 2 N–H and O–H groups in total. The number of halogens is 1. The molecule has 110 valence electrons. The number of nitrogens with one attached hydrogen (secondary N) is 2. The minimum atomic E-state index is -0.510. The third kappa shape index (κ3) is 4.03. The minimum absolute atomic E-state index is 0.148. The normalized spacial score (nSPS) is 10.2. The van der Waals surface area contributed by atoms with Crippen molar-refractivity contribution in [3.63, 3.8) is 0 Å². The van der Waals surface area contributed by atoms with Gasteiger partial charge in [-0.3, -0.25) is 10.1 Å². The molecule has 1 heterocycles. The Hall–Kier alpha value is -2.41. The topological polar surface area (TPSA) is 93.0 Å². The van der Waals surface area contributed by atoms with Gasteiger partial charge in [-0.15, -0.1) is 0 Å². The monoisotopic (exact) mass is 307 g/mol. The first-order valence-corrected chi connectivity index (χ1v) is 6.65. The fourth-order valence-electron chi connectivity index (χ4n) is 1.74. The lowest BCUT2D eigenvalue weighted by Crippen LogP contribution is -2.10. The summed E-state index contributed by atoms with van der Waals surface area (Å²) < 4.78 is 0. The Morgan fingerprint density at radius 3 is 2.67 bits per heavy atom. The van der Waals surface area contributed by atoms with Crippen molar-refractivity contribution in [2.24, 2.45) is 0 Å². The number of nitro groups is 1. The zero-order valence-electron chi connectivity index (χ0n) is 11.3. The van der Waals surface area contributed by atoms with Crippen LogP contribution in [0, 0.1) is 10.1 Å². The van der Waals surface area contributed by atoms with E-state index in [0.717, 1.165) is 5.56 Å². The maximum absolute atomic E-state index is 10.9. The molecule has 1 aromatic heterocycles. The summed E-state index contributed by atoms with van der Waals surface area (Å²) in [5.74, 6) is 0.530. The van der Waals surface area contributed by atoms with Gasteiger partial charge < -0.3 is 10.6 Å². The third-order valence-electron chi connectivity index (χ3n) is 2.81. The zero-order chi connectivity index (χ0) is 15.2. The highest BCUT2D eigenvalue weighted by atomic mass is 35.5. The Labute approximate surface area is 126 Å². The molecule has 1 aromatic carbocycles. The lowest BCUT2D eigenvalue weighted by atomic mass is 10.1. The molecule has 0 aliphatic rings. The fourth-order valence-corrected chi connectivity index (χ4v) is 1.86. The SMILES string of the molecule is CNc1ncc([N+](=O)[O-])c(NCCc2ccc(Cl)cc2)n1. The second-order valence-electron chi connectivity index (χ2n) is 4.24. The predicted octanol–water partition coefficient (Wildman–Crippen LogP) is 2.73. The number of nitrogens with zero attached hydrogens (tertiary/aromatic N) is 3. The second kappa shape index (κ2) is 6.85. The van der Waals surface area contributed by atoms with Crippen LogP contribution in [-0.4, -0.2) is 28.5 Å².